The Kier molecular flexibility index (Phi) is 3.79. The number of carbonyl (C=O) groups excluding carboxylic acids is 1. The Labute approximate surface area is 126 Å². The van der Waals surface area contributed by atoms with Crippen LogP contribution in [0.4, 0.5) is 0 Å². The lowest BCUT2D eigenvalue weighted by Crippen LogP contribution is -2.21. The van der Waals surface area contributed by atoms with Gasteiger partial charge in [-0.25, -0.2) is 0 Å². The third kappa shape index (κ3) is 3.00. The number of nitrogens with one attached hydrogen (secondary N) is 1. The number of amides is 1. The molecule has 0 radical (unpaired) electrons. The maximum absolute atomic E-state index is 11.8. The molecule has 0 fully saturated rings. The molecular weight excluding hydrogens is 284 g/mol. The van der Waals surface area contributed by atoms with Gasteiger partial charge in [-0.05, 0) is 42.1 Å². The van der Waals surface area contributed by atoms with E-state index in [1.807, 2.05) is 53.2 Å². The van der Waals surface area contributed by atoms with Crippen molar-refractivity contribution in [3.05, 3.63) is 58.2 Å². The van der Waals surface area contributed by atoms with E-state index >= 15 is 0 Å². The summed E-state index contributed by atoms with van der Waals surface area (Å²) >= 11 is 1.62. The van der Waals surface area contributed by atoms with Gasteiger partial charge in [-0.3, -0.25) is 9.20 Å². The average molecular weight is 298 g/mol. The number of aromatic nitrogens is 3. The summed E-state index contributed by atoms with van der Waals surface area (Å²) in [6, 6.07) is 7.71. The molecule has 5 nitrogen and oxygen atoms in total. The van der Waals surface area contributed by atoms with E-state index in [4.69, 9.17) is 0 Å². The lowest BCUT2D eigenvalue weighted by molar-refractivity contribution is -0.116. The Morgan fingerprint density at radius 2 is 2.29 bits per heavy atom. The van der Waals surface area contributed by atoms with Crippen LogP contribution in [0.15, 0.2) is 41.9 Å². The summed E-state index contributed by atoms with van der Waals surface area (Å²) in [7, 11) is 0. The predicted molar refractivity (Wildman–Crippen MR) is 82.9 cm³/mol. The molecule has 0 aromatic carbocycles. The molecule has 0 bridgehead atoms. The molecule has 0 spiro atoms. The Morgan fingerprint density at radius 1 is 1.38 bits per heavy atom. The van der Waals surface area contributed by atoms with Crippen molar-refractivity contribution in [3.8, 4) is 0 Å². The van der Waals surface area contributed by atoms with Crippen LogP contribution in [0.5, 0.6) is 0 Å². The quantitative estimate of drug-likeness (QED) is 0.753. The number of thiophene rings is 1. The minimum absolute atomic E-state index is 0.143. The molecule has 0 unspecified atom stereocenters. The van der Waals surface area contributed by atoms with Crippen molar-refractivity contribution in [2.45, 2.75) is 13.5 Å². The second kappa shape index (κ2) is 5.88. The zero-order valence-corrected chi connectivity index (χ0v) is 12.3. The molecule has 106 valence electrons. The number of hydrogen-bond donors (Lipinski definition) is 1. The van der Waals surface area contributed by atoms with Gasteiger partial charge < -0.3 is 5.32 Å². The van der Waals surface area contributed by atoms with Crippen molar-refractivity contribution in [1.29, 1.82) is 0 Å². The lowest BCUT2D eigenvalue weighted by atomic mass is 10.3. The zero-order valence-electron chi connectivity index (χ0n) is 11.5. The van der Waals surface area contributed by atoms with Crippen LogP contribution in [0, 0.1) is 6.92 Å². The molecule has 3 aromatic heterocycles. The van der Waals surface area contributed by atoms with E-state index in [0.29, 0.717) is 12.4 Å². The fraction of sp³-hybridized carbons (Fsp3) is 0.133. The van der Waals surface area contributed by atoms with Gasteiger partial charge in [-0.15, -0.1) is 21.5 Å². The highest BCUT2D eigenvalue weighted by molar-refractivity contribution is 7.11. The Balaban J connectivity index is 1.64. The highest BCUT2D eigenvalue weighted by Gasteiger charge is 2.05. The van der Waals surface area contributed by atoms with Crippen molar-refractivity contribution in [3.63, 3.8) is 0 Å². The topological polar surface area (TPSA) is 59.3 Å². The molecule has 0 aliphatic rings. The fourth-order valence-electron chi connectivity index (χ4n) is 1.94. The molecule has 6 heteroatoms. The molecule has 3 aromatic rings. The standard InChI is InChI=1S/C15H14N4OS/c1-11-7-9-21-12(11)5-6-15(20)16-10-14-18-17-13-4-2-3-8-19(13)14/h2-9H,10H2,1H3,(H,16,20). The first-order valence-corrected chi connectivity index (χ1v) is 7.40. The number of fused-ring (bicyclic) bond motifs is 1. The predicted octanol–water partition coefficient (Wildman–Crippen LogP) is 2.43. The molecule has 21 heavy (non-hydrogen) atoms. The summed E-state index contributed by atoms with van der Waals surface area (Å²) in [6.45, 7) is 2.37. The fourth-order valence-corrected chi connectivity index (χ4v) is 2.76. The van der Waals surface area contributed by atoms with Crippen LogP contribution in [0.25, 0.3) is 11.7 Å². The number of rotatable bonds is 4. The van der Waals surface area contributed by atoms with E-state index in [-0.39, 0.29) is 5.91 Å². The van der Waals surface area contributed by atoms with Gasteiger partial charge in [-0.2, -0.15) is 0 Å². The van der Waals surface area contributed by atoms with Crippen molar-refractivity contribution < 1.29 is 4.79 Å². The van der Waals surface area contributed by atoms with Crippen molar-refractivity contribution >= 4 is 29.0 Å². The molecular formula is C15H14N4OS. The number of carbonyl (C=O) groups is 1. The van der Waals surface area contributed by atoms with E-state index in [9.17, 15) is 4.79 Å². The van der Waals surface area contributed by atoms with Crippen LogP contribution in [0.1, 0.15) is 16.3 Å². The van der Waals surface area contributed by atoms with Gasteiger partial charge in [0.2, 0.25) is 5.91 Å². The largest absolute Gasteiger partial charge is 0.345 e. The number of aryl methyl sites for hydroxylation is 1. The van der Waals surface area contributed by atoms with E-state index in [1.165, 1.54) is 5.56 Å². The maximum atomic E-state index is 11.8. The molecule has 0 aliphatic heterocycles. The van der Waals surface area contributed by atoms with Gasteiger partial charge in [0.15, 0.2) is 11.5 Å². The average Bonchev–Trinajstić information content (AvgIpc) is 3.09. The second-order valence-electron chi connectivity index (χ2n) is 4.56. The molecule has 0 saturated heterocycles. The summed E-state index contributed by atoms with van der Waals surface area (Å²) in [5.74, 6) is 0.565. The molecule has 1 N–H and O–H groups in total. The monoisotopic (exact) mass is 298 g/mol. The van der Waals surface area contributed by atoms with Crippen LogP contribution >= 0.6 is 11.3 Å². The summed E-state index contributed by atoms with van der Waals surface area (Å²) in [5, 5.41) is 12.9. The van der Waals surface area contributed by atoms with Gasteiger partial charge in [0.05, 0.1) is 6.54 Å². The third-order valence-corrected chi connectivity index (χ3v) is 4.08. The van der Waals surface area contributed by atoms with Crippen LogP contribution in [-0.2, 0) is 11.3 Å². The van der Waals surface area contributed by atoms with E-state index in [0.717, 1.165) is 10.5 Å². The van der Waals surface area contributed by atoms with Crippen LogP contribution < -0.4 is 5.32 Å². The van der Waals surface area contributed by atoms with E-state index in [1.54, 1.807) is 17.4 Å². The zero-order chi connectivity index (χ0) is 14.7. The highest BCUT2D eigenvalue weighted by Crippen LogP contribution is 2.16. The van der Waals surface area contributed by atoms with Crippen molar-refractivity contribution in [1.82, 2.24) is 19.9 Å². The highest BCUT2D eigenvalue weighted by atomic mass is 32.1. The van der Waals surface area contributed by atoms with Crippen LogP contribution in [0.2, 0.25) is 0 Å². The molecule has 0 saturated carbocycles. The van der Waals surface area contributed by atoms with Gasteiger partial charge >= 0.3 is 0 Å². The first kappa shape index (κ1) is 13.5. The van der Waals surface area contributed by atoms with Gasteiger partial charge in [0.1, 0.15) is 0 Å². The maximum Gasteiger partial charge on any atom is 0.244 e. The second-order valence-corrected chi connectivity index (χ2v) is 5.51. The molecule has 3 rings (SSSR count). The summed E-state index contributed by atoms with van der Waals surface area (Å²) in [4.78, 5) is 12.9. The first-order chi connectivity index (χ1) is 10.2. The van der Waals surface area contributed by atoms with Crippen molar-refractivity contribution in [2.24, 2.45) is 0 Å². The van der Waals surface area contributed by atoms with Crippen molar-refractivity contribution in [2.75, 3.05) is 0 Å². The van der Waals surface area contributed by atoms with Crippen LogP contribution in [0.3, 0.4) is 0 Å². The molecule has 3 heterocycles. The summed E-state index contributed by atoms with van der Waals surface area (Å²) in [5.41, 5.74) is 1.94. The first-order valence-electron chi connectivity index (χ1n) is 6.53. The number of nitrogens with zero attached hydrogens (tertiary/aromatic N) is 3. The Hall–Kier alpha value is -2.47. The minimum atomic E-state index is -0.143. The summed E-state index contributed by atoms with van der Waals surface area (Å²) < 4.78 is 1.85. The molecule has 0 aliphatic carbocycles. The molecule has 0 atom stereocenters. The lowest BCUT2D eigenvalue weighted by Gasteiger charge is -2.00. The Bertz CT molecular complexity index is 803. The smallest absolute Gasteiger partial charge is 0.244 e. The molecule has 1 amide bonds. The third-order valence-electron chi connectivity index (χ3n) is 3.09. The summed E-state index contributed by atoms with van der Waals surface area (Å²) in [6.07, 6.45) is 5.25. The number of hydrogen-bond acceptors (Lipinski definition) is 4. The van der Waals surface area contributed by atoms with Gasteiger partial charge in [0, 0.05) is 17.2 Å². The van der Waals surface area contributed by atoms with Crippen LogP contribution in [-0.4, -0.2) is 20.5 Å². The SMILES string of the molecule is Cc1ccsc1C=CC(=O)NCc1nnc2ccccn12. The minimum Gasteiger partial charge on any atom is -0.345 e. The van der Waals surface area contributed by atoms with Gasteiger partial charge in [0.25, 0.3) is 0 Å². The normalized spacial score (nSPS) is 11.3. The van der Waals surface area contributed by atoms with E-state index < -0.39 is 0 Å². The van der Waals surface area contributed by atoms with Gasteiger partial charge in [-0.1, -0.05) is 6.07 Å². The Morgan fingerprint density at radius 3 is 3.10 bits per heavy atom. The van der Waals surface area contributed by atoms with E-state index in [2.05, 4.69) is 15.5 Å². The number of pyridine rings is 1.